The van der Waals surface area contributed by atoms with Crippen LogP contribution in [0.15, 0.2) is 18.2 Å². The van der Waals surface area contributed by atoms with Gasteiger partial charge in [-0.1, -0.05) is 6.07 Å². The van der Waals surface area contributed by atoms with Gasteiger partial charge in [-0.15, -0.1) is 0 Å². The molecule has 1 fully saturated rings. The average molecular weight is 271 g/mol. The summed E-state index contributed by atoms with van der Waals surface area (Å²) in [5, 5.41) is 0. The van der Waals surface area contributed by atoms with Gasteiger partial charge in [0.2, 0.25) is 0 Å². The zero-order valence-electron chi connectivity index (χ0n) is 10.2. The zero-order valence-corrected chi connectivity index (χ0v) is 11.0. The summed E-state index contributed by atoms with van der Waals surface area (Å²) in [6, 6.07) is 5.22. The fourth-order valence-electron chi connectivity index (χ4n) is 1.77. The number of nitrogens with two attached hydrogens (primary N) is 1. The lowest BCUT2D eigenvalue weighted by molar-refractivity contribution is 0.0733. The molecule has 0 bridgehead atoms. The molecule has 0 unspecified atom stereocenters. The van der Waals surface area contributed by atoms with Crippen LogP contribution in [-0.2, 0) is 14.9 Å². The summed E-state index contributed by atoms with van der Waals surface area (Å²) in [7, 11) is -3.55. The van der Waals surface area contributed by atoms with E-state index in [0.29, 0.717) is 37.7 Å². The first kappa shape index (κ1) is 13.1. The Hall–Kier alpha value is -1.31. The molecule has 3 N–H and O–H groups in total. The van der Waals surface area contributed by atoms with Crippen molar-refractivity contribution in [3.05, 3.63) is 23.8 Å². The Balaban J connectivity index is 2.16. The summed E-state index contributed by atoms with van der Waals surface area (Å²) >= 11 is 0. The van der Waals surface area contributed by atoms with E-state index < -0.39 is 10.2 Å². The molecule has 1 saturated heterocycles. The summed E-state index contributed by atoms with van der Waals surface area (Å²) in [6.45, 7) is 3.47. The number of anilines is 2. The molecule has 0 aliphatic carbocycles. The van der Waals surface area contributed by atoms with Crippen LogP contribution in [0.25, 0.3) is 0 Å². The van der Waals surface area contributed by atoms with Crippen molar-refractivity contribution < 1.29 is 13.2 Å². The molecular weight excluding hydrogens is 254 g/mol. The van der Waals surface area contributed by atoms with Gasteiger partial charge >= 0.3 is 10.2 Å². The number of benzene rings is 1. The second-order valence-electron chi connectivity index (χ2n) is 4.21. The average Bonchev–Trinajstić information content (AvgIpc) is 2.34. The van der Waals surface area contributed by atoms with Crippen molar-refractivity contribution in [3.63, 3.8) is 0 Å². The number of morpholine rings is 1. The van der Waals surface area contributed by atoms with Gasteiger partial charge in [0.15, 0.2) is 0 Å². The molecule has 0 amide bonds. The molecule has 0 atom stereocenters. The second-order valence-corrected chi connectivity index (χ2v) is 5.88. The first-order valence-corrected chi connectivity index (χ1v) is 7.15. The van der Waals surface area contributed by atoms with Crippen LogP contribution < -0.4 is 10.5 Å². The van der Waals surface area contributed by atoms with Crippen LogP contribution in [0.2, 0.25) is 0 Å². The summed E-state index contributed by atoms with van der Waals surface area (Å²) in [6.07, 6.45) is 0. The van der Waals surface area contributed by atoms with E-state index >= 15 is 0 Å². The molecule has 7 heteroatoms. The smallest absolute Gasteiger partial charge is 0.301 e. The Morgan fingerprint density at radius 2 is 2.00 bits per heavy atom. The zero-order chi connectivity index (χ0) is 13.2. The van der Waals surface area contributed by atoms with E-state index in [0.717, 1.165) is 5.56 Å². The maximum absolute atomic E-state index is 12.1. The van der Waals surface area contributed by atoms with Crippen molar-refractivity contribution in [2.24, 2.45) is 0 Å². The van der Waals surface area contributed by atoms with Crippen LogP contribution in [0.4, 0.5) is 11.4 Å². The van der Waals surface area contributed by atoms with Crippen LogP contribution in [0.1, 0.15) is 5.56 Å². The normalized spacial score (nSPS) is 17.6. The van der Waals surface area contributed by atoms with Gasteiger partial charge < -0.3 is 10.5 Å². The van der Waals surface area contributed by atoms with Crippen LogP contribution in [0.5, 0.6) is 0 Å². The summed E-state index contributed by atoms with van der Waals surface area (Å²) < 4.78 is 33.2. The maximum Gasteiger partial charge on any atom is 0.301 e. The minimum absolute atomic E-state index is 0.362. The number of aryl methyl sites for hydroxylation is 1. The van der Waals surface area contributed by atoms with E-state index in [2.05, 4.69) is 4.72 Å². The van der Waals surface area contributed by atoms with E-state index in [-0.39, 0.29) is 0 Å². The van der Waals surface area contributed by atoms with E-state index in [1.807, 2.05) is 13.0 Å². The lowest BCUT2D eigenvalue weighted by atomic mass is 10.2. The lowest BCUT2D eigenvalue weighted by Gasteiger charge is -2.26. The number of ether oxygens (including phenoxy) is 1. The summed E-state index contributed by atoms with van der Waals surface area (Å²) in [5.74, 6) is 0. The molecule has 1 aliphatic heterocycles. The van der Waals surface area contributed by atoms with Gasteiger partial charge in [-0.25, -0.2) is 0 Å². The van der Waals surface area contributed by atoms with E-state index in [1.165, 1.54) is 4.31 Å². The fraction of sp³-hybridized carbons (Fsp3) is 0.455. The van der Waals surface area contributed by atoms with Crippen molar-refractivity contribution >= 4 is 21.6 Å². The van der Waals surface area contributed by atoms with Gasteiger partial charge in [0.25, 0.3) is 0 Å². The third-order valence-corrected chi connectivity index (χ3v) is 4.28. The molecule has 1 aromatic rings. The summed E-state index contributed by atoms with van der Waals surface area (Å²) in [5.41, 5.74) is 7.61. The predicted molar refractivity (Wildman–Crippen MR) is 70.5 cm³/mol. The molecule has 0 aromatic heterocycles. The predicted octanol–water partition coefficient (Wildman–Crippen LogP) is 0.566. The Morgan fingerprint density at radius 3 is 2.61 bits per heavy atom. The minimum Gasteiger partial charge on any atom is -0.397 e. The molecular formula is C11H17N3O3S. The fourth-order valence-corrected chi connectivity index (χ4v) is 2.99. The highest BCUT2D eigenvalue weighted by molar-refractivity contribution is 7.90. The first-order chi connectivity index (χ1) is 8.49. The van der Waals surface area contributed by atoms with Crippen molar-refractivity contribution in [1.82, 2.24) is 4.31 Å². The Kier molecular flexibility index (Phi) is 3.74. The molecule has 0 saturated carbocycles. The van der Waals surface area contributed by atoms with Crippen molar-refractivity contribution in [3.8, 4) is 0 Å². The van der Waals surface area contributed by atoms with Gasteiger partial charge in [0.1, 0.15) is 0 Å². The van der Waals surface area contributed by atoms with Crippen LogP contribution in [-0.4, -0.2) is 39.0 Å². The van der Waals surface area contributed by atoms with Crippen molar-refractivity contribution in [2.45, 2.75) is 6.92 Å². The molecule has 0 spiro atoms. The van der Waals surface area contributed by atoms with E-state index in [1.54, 1.807) is 12.1 Å². The monoisotopic (exact) mass is 271 g/mol. The first-order valence-electron chi connectivity index (χ1n) is 5.71. The van der Waals surface area contributed by atoms with Crippen LogP contribution >= 0.6 is 0 Å². The molecule has 100 valence electrons. The third-order valence-electron chi connectivity index (χ3n) is 2.76. The largest absolute Gasteiger partial charge is 0.397 e. The highest BCUT2D eigenvalue weighted by Gasteiger charge is 2.24. The second kappa shape index (κ2) is 5.13. The molecule has 2 rings (SSSR count). The van der Waals surface area contributed by atoms with E-state index in [4.69, 9.17) is 10.5 Å². The maximum atomic E-state index is 12.1. The Morgan fingerprint density at radius 1 is 1.33 bits per heavy atom. The summed E-state index contributed by atoms with van der Waals surface area (Å²) in [4.78, 5) is 0. The van der Waals surface area contributed by atoms with Crippen LogP contribution in [0.3, 0.4) is 0 Å². The molecule has 1 heterocycles. The standard InChI is InChI=1S/C11H17N3O3S/c1-9-2-3-11(10(12)8-9)13-18(15,16)14-4-6-17-7-5-14/h2-3,8,13H,4-7,12H2,1H3. The van der Waals surface area contributed by atoms with Crippen molar-refractivity contribution in [2.75, 3.05) is 36.8 Å². The van der Waals surface area contributed by atoms with E-state index in [9.17, 15) is 8.42 Å². The van der Waals surface area contributed by atoms with Crippen molar-refractivity contribution in [1.29, 1.82) is 0 Å². The molecule has 1 aromatic carbocycles. The lowest BCUT2D eigenvalue weighted by Crippen LogP contribution is -2.43. The third kappa shape index (κ3) is 2.92. The van der Waals surface area contributed by atoms with Gasteiger partial charge in [-0.2, -0.15) is 12.7 Å². The van der Waals surface area contributed by atoms with Gasteiger partial charge in [0.05, 0.1) is 24.6 Å². The number of nitrogen functional groups attached to an aromatic ring is 1. The topological polar surface area (TPSA) is 84.7 Å². The molecule has 0 radical (unpaired) electrons. The highest BCUT2D eigenvalue weighted by atomic mass is 32.2. The van der Waals surface area contributed by atoms with Crippen LogP contribution in [0, 0.1) is 6.92 Å². The quantitative estimate of drug-likeness (QED) is 0.787. The highest BCUT2D eigenvalue weighted by Crippen LogP contribution is 2.21. The number of nitrogens with zero attached hydrogens (tertiary/aromatic N) is 1. The number of rotatable bonds is 3. The SMILES string of the molecule is Cc1ccc(NS(=O)(=O)N2CCOCC2)c(N)c1. The molecule has 18 heavy (non-hydrogen) atoms. The molecule has 6 nitrogen and oxygen atoms in total. The van der Waals surface area contributed by atoms with Gasteiger partial charge in [-0.3, -0.25) is 4.72 Å². The number of hydrogen-bond acceptors (Lipinski definition) is 4. The van der Waals surface area contributed by atoms with Gasteiger partial charge in [-0.05, 0) is 24.6 Å². The Bertz CT molecular complexity index is 524. The number of hydrogen-bond donors (Lipinski definition) is 2. The number of nitrogens with one attached hydrogen (secondary N) is 1. The molecule has 1 aliphatic rings. The minimum atomic E-state index is -3.55. The van der Waals surface area contributed by atoms with Gasteiger partial charge in [0, 0.05) is 13.1 Å². The Labute approximate surface area is 107 Å².